The van der Waals surface area contributed by atoms with E-state index in [2.05, 4.69) is 20.1 Å². The van der Waals surface area contributed by atoms with Gasteiger partial charge in [0.1, 0.15) is 19.5 Å². The molecule has 0 spiro atoms. The maximum atomic E-state index is 12.6. The van der Waals surface area contributed by atoms with Crippen LogP contribution in [0.3, 0.4) is 0 Å². The van der Waals surface area contributed by atoms with Crippen LogP contribution in [0.4, 0.5) is 0 Å². The molecule has 4 rings (SSSR count). The first-order chi connectivity index (χ1) is 12.3. The molecule has 0 atom stereocenters. The van der Waals surface area contributed by atoms with Crippen LogP contribution in [0.25, 0.3) is 0 Å². The largest absolute Gasteiger partial charge is 0.486 e. The van der Waals surface area contributed by atoms with Crippen molar-refractivity contribution < 1.29 is 14.3 Å². The Morgan fingerprint density at radius 2 is 2.04 bits per heavy atom. The highest BCUT2D eigenvalue weighted by Gasteiger charge is 2.22. The number of rotatable bonds is 4. The number of amides is 1. The Hall–Kier alpha value is -2.57. The average Bonchev–Trinajstić information content (AvgIpc) is 3.15. The van der Waals surface area contributed by atoms with Gasteiger partial charge in [-0.3, -0.25) is 4.79 Å². The molecule has 1 aliphatic carbocycles. The second kappa shape index (κ2) is 7.13. The van der Waals surface area contributed by atoms with Crippen LogP contribution in [0.1, 0.15) is 54.3 Å². The zero-order chi connectivity index (χ0) is 17.1. The van der Waals surface area contributed by atoms with E-state index in [4.69, 9.17) is 9.47 Å². The van der Waals surface area contributed by atoms with Gasteiger partial charge in [-0.1, -0.05) is 25.3 Å². The topological polar surface area (TPSA) is 78.3 Å². The fourth-order valence-electron chi connectivity index (χ4n) is 3.56. The molecule has 7 heteroatoms. The third-order valence-corrected chi connectivity index (χ3v) is 4.83. The Labute approximate surface area is 146 Å². The van der Waals surface area contributed by atoms with Crippen LogP contribution in [-0.4, -0.2) is 33.9 Å². The number of para-hydroxylation sites is 1. The standard InChI is InChI=1S/C18H22N4O3/c23-18(14-7-4-8-15-17(14)25-10-9-24-15)19-11-16-21-20-12-22(16)13-5-2-1-3-6-13/h4,7-8,12-13H,1-3,5-6,9-11H2,(H,19,23). The molecule has 1 amide bonds. The Balaban J connectivity index is 1.46. The molecule has 7 nitrogen and oxygen atoms in total. The number of aromatic nitrogens is 3. The Morgan fingerprint density at radius 1 is 1.20 bits per heavy atom. The summed E-state index contributed by atoms with van der Waals surface area (Å²) >= 11 is 0. The number of benzene rings is 1. The third kappa shape index (κ3) is 3.31. The minimum atomic E-state index is -0.194. The number of nitrogens with zero attached hydrogens (tertiary/aromatic N) is 3. The van der Waals surface area contributed by atoms with Gasteiger partial charge >= 0.3 is 0 Å². The van der Waals surface area contributed by atoms with Gasteiger partial charge in [0.2, 0.25) is 0 Å². The fourth-order valence-corrected chi connectivity index (χ4v) is 3.56. The van der Waals surface area contributed by atoms with Crippen molar-refractivity contribution in [3.8, 4) is 11.5 Å². The zero-order valence-corrected chi connectivity index (χ0v) is 14.1. The molecule has 0 bridgehead atoms. The molecule has 132 valence electrons. The molecule has 25 heavy (non-hydrogen) atoms. The van der Waals surface area contributed by atoms with Gasteiger partial charge in [0, 0.05) is 6.04 Å². The predicted octanol–water partition coefficient (Wildman–Crippen LogP) is 2.48. The lowest BCUT2D eigenvalue weighted by molar-refractivity contribution is 0.0938. The number of hydrogen-bond acceptors (Lipinski definition) is 5. The average molecular weight is 342 g/mol. The molecule has 2 aromatic rings. The molecule has 1 saturated carbocycles. The lowest BCUT2D eigenvalue weighted by atomic mass is 9.95. The van der Waals surface area contributed by atoms with E-state index in [1.807, 2.05) is 6.07 Å². The van der Waals surface area contributed by atoms with Crippen LogP contribution >= 0.6 is 0 Å². The predicted molar refractivity (Wildman–Crippen MR) is 90.7 cm³/mol. The molecule has 2 aliphatic rings. The smallest absolute Gasteiger partial charge is 0.255 e. The summed E-state index contributed by atoms with van der Waals surface area (Å²) in [5.41, 5.74) is 0.487. The third-order valence-electron chi connectivity index (χ3n) is 4.83. The minimum absolute atomic E-state index is 0.194. The molecule has 0 saturated heterocycles. The first-order valence-electron chi connectivity index (χ1n) is 8.88. The first-order valence-corrected chi connectivity index (χ1v) is 8.88. The molecule has 1 aliphatic heterocycles. The van der Waals surface area contributed by atoms with Gasteiger partial charge in [0.25, 0.3) is 5.91 Å². The molecule has 0 radical (unpaired) electrons. The normalized spacial score (nSPS) is 17.3. The summed E-state index contributed by atoms with van der Waals surface area (Å²) in [6.45, 7) is 1.30. The Morgan fingerprint density at radius 3 is 2.92 bits per heavy atom. The second-order valence-electron chi connectivity index (χ2n) is 6.46. The molecule has 1 aromatic carbocycles. The van der Waals surface area contributed by atoms with Crippen LogP contribution in [0.15, 0.2) is 24.5 Å². The van der Waals surface area contributed by atoms with Gasteiger partial charge in [0.05, 0.1) is 12.1 Å². The van der Waals surface area contributed by atoms with Crippen molar-refractivity contribution in [3.63, 3.8) is 0 Å². The molecule has 1 fully saturated rings. The summed E-state index contributed by atoms with van der Waals surface area (Å²) < 4.78 is 13.3. The number of nitrogens with one attached hydrogen (secondary N) is 1. The van der Waals surface area contributed by atoms with Crippen molar-refractivity contribution in [1.82, 2.24) is 20.1 Å². The summed E-state index contributed by atoms with van der Waals surface area (Å²) in [6, 6.07) is 5.80. The SMILES string of the molecule is O=C(NCc1nncn1C1CCCCC1)c1cccc2c1OCCO2. The summed E-state index contributed by atoms with van der Waals surface area (Å²) in [4.78, 5) is 12.6. The van der Waals surface area contributed by atoms with Crippen LogP contribution in [0.2, 0.25) is 0 Å². The summed E-state index contributed by atoms with van der Waals surface area (Å²) in [6.07, 6.45) is 7.85. The van der Waals surface area contributed by atoms with Crippen LogP contribution < -0.4 is 14.8 Å². The lowest BCUT2D eigenvalue weighted by Crippen LogP contribution is -2.27. The second-order valence-corrected chi connectivity index (χ2v) is 6.46. The highest BCUT2D eigenvalue weighted by molar-refractivity contribution is 5.97. The molecule has 2 heterocycles. The number of ether oxygens (including phenoxy) is 2. The molecular weight excluding hydrogens is 320 g/mol. The van der Waals surface area contributed by atoms with Gasteiger partial charge in [-0.15, -0.1) is 10.2 Å². The number of hydrogen-bond donors (Lipinski definition) is 1. The van der Waals surface area contributed by atoms with E-state index in [1.54, 1.807) is 18.5 Å². The van der Waals surface area contributed by atoms with Crippen molar-refractivity contribution in [2.75, 3.05) is 13.2 Å². The van der Waals surface area contributed by atoms with E-state index in [-0.39, 0.29) is 5.91 Å². The van der Waals surface area contributed by atoms with Gasteiger partial charge in [-0.25, -0.2) is 0 Å². The van der Waals surface area contributed by atoms with E-state index in [9.17, 15) is 4.79 Å². The van der Waals surface area contributed by atoms with E-state index in [1.165, 1.54) is 19.3 Å². The molecular formula is C18H22N4O3. The van der Waals surface area contributed by atoms with Crippen LogP contribution in [0.5, 0.6) is 11.5 Å². The van der Waals surface area contributed by atoms with Crippen molar-refractivity contribution in [3.05, 3.63) is 35.9 Å². The lowest BCUT2D eigenvalue weighted by Gasteiger charge is -2.24. The van der Waals surface area contributed by atoms with Crippen LogP contribution in [-0.2, 0) is 6.54 Å². The maximum Gasteiger partial charge on any atom is 0.255 e. The fraction of sp³-hybridized carbons (Fsp3) is 0.500. The Kier molecular flexibility index (Phi) is 4.54. The van der Waals surface area contributed by atoms with Crippen molar-refractivity contribution in [1.29, 1.82) is 0 Å². The number of carbonyl (C=O) groups excluding carboxylic acids is 1. The summed E-state index contributed by atoms with van der Waals surface area (Å²) in [5.74, 6) is 1.73. The van der Waals surface area contributed by atoms with Crippen molar-refractivity contribution in [2.45, 2.75) is 44.7 Å². The Bertz CT molecular complexity index is 753. The van der Waals surface area contributed by atoms with Gasteiger partial charge in [-0.2, -0.15) is 0 Å². The quantitative estimate of drug-likeness (QED) is 0.923. The molecule has 0 unspecified atom stereocenters. The highest BCUT2D eigenvalue weighted by Crippen LogP contribution is 2.33. The summed E-state index contributed by atoms with van der Waals surface area (Å²) in [5, 5.41) is 11.2. The maximum absolute atomic E-state index is 12.6. The van der Waals surface area contributed by atoms with Gasteiger partial charge in [0.15, 0.2) is 17.3 Å². The van der Waals surface area contributed by atoms with E-state index in [0.29, 0.717) is 42.9 Å². The highest BCUT2D eigenvalue weighted by atomic mass is 16.6. The van der Waals surface area contributed by atoms with E-state index < -0.39 is 0 Å². The van der Waals surface area contributed by atoms with E-state index in [0.717, 1.165) is 18.7 Å². The van der Waals surface area contributed by atoms with E-state index >= 15 is 0 Å². The number of fused-ring (bicyclic) bond motifs is 1. The number of carbonyl (C=O) groups is 1. The van der Waals surface area contributed by atoms with Crippen molar-refractivity contribution >= 4 is 5.91 Å². The minimum Gasteiger partial charge on any atom is -0.486 e. The first kappa shape index (κ1) is 15.9. The monoisotopic (exact) mass is 342 g/mol. The van der Waals surface area contributed by atoms with Crippen LogP contribution in [0, 0.1) is 0 Å². The molecule has 1 N–H and O–H groups in total. The summed E-state index contributed by atoms with van der Waals surface area (Å²) in [7, 11) is 0. The van der Waals surface area contributed by atoms with Crippen molar-refractivity contribution in [2.24, 2.45) is 0 Å². The molecule has 1 aromatic heterocycles. The zero-order valence-electron chi connectivity index (χ0n) is 14.1. The van der Waals surface area contributed by atoms with Gasteiger partial charge in [-0.05, 0) is 25.0 Å². The van der Waals surface area contributed by atoms with Gasteiger partial charge < -0.3 is 19.4 Å².